The number of halogens is 2. The molecule has 0 aromatic carbocycles. The molecule has 0 aliphatic rings. The molecule has 3 nitrogen and oxygen atoms in total. The van der Waals surface area contributed by atoms with Crippen LogP contribution in [-0.4, -0.2) is 16.5 Å². The zero-order valence-corrected chi connectivity index (χ0v) is 10.7. The molecule has 0 aliphatic carbocycles. The van der Waals surface area contributed by atoms with E-state index in [2.05, 4.69) is 36.8 Å². The van der Waals surface area contributed by atoms with Crippen LogP contribution >= 0.6 is 31.9 Å². The Bertz CT molecular complexity index is 467. The smallest absolute Gasteiger partial charge is 0.140 e. The van der Waals surface area contributed by atoms with Gasteiger partial charge in [0.25, 0.3) is 0 Å². The molecule has 14 heavy (non-hydrogen) atoms. The summed E-state index contributed by atoms with van der Waals surface area (Å²) in [6.07, 6.45) is 3.92. The Labute approximate surface area is 98.3 Å². The Kier molecular flexibility index (Phi) is 2.78. The minimum Gasteiger partial charge on any atom is -0.495 e. The van der Waals surface area contributed by atoms with Crippen LogP contribution in [0.2, 0.25) is 0 Å². The molecule has 0 spiro atoms. The topological polar surface area (TPSA) is 26.5 Å². The number of ether oxygens (including phenoxy) is 1. The Morgan fingerprint density at radius 3 is 2.93 bits per heavy atom. The van der Waals surface area contributed by atoms with Crippen LogP contribution in [0.5, 0.6) is 5.75 Å². The van der Waals surface area contributed by atoms with E-state index in [4.69, 9.17) is 4.74 Å². The first kappa shape index (κ1) is 9.98. The van der Waals surface area contributed by atoms with E-state index in [-0.39, 0.29) is 0 Å². The van der Waals surface area contributed by atoms with E-state index in [1.807, 2.05) is 22.9 Å². The van der Waals surface area contributed by atoms with Crippen LogP contribution in [0.4, 0.5) is 0 Å². The highest BCUT2D eigenvalue weighted by Gasteiger charge is 2.05. The maximum absolute atomic E-state index is 5.18. The van der Waals surface area contributed by atoms with Crippen LogP contribution < -0.4 is 4.74 Å². The van der Waals surface area contributed by atoms with Crippen LogP contribution in [0.1, 0.15) is 5.69 Å². The monoisotopic (exact) mass is 318 g/mol. The Balaban J connectivity index is 2.64. The third-order valence-corrected chi connectivity index (χ3v) is 3.09. The van der Waals surface area contributed by atoms with Crippen molar-refractivity contribution in [2.75, 3.05) is 7.11 Å². The second kappa shape index (κ2) is 3.90. The first-order valence-corrected chi connectivity index (χ1v) is 5.93. The van der Waals surface area contributed by atoms with Gasteiger partial charge in [0.15, 0.2) is 0 Å². The summed E-state index contributed by atoms with van der Waals surface area (Å²) in [6.45, 7) is 0. The normalized spacial score (nSPS) is 10.8. The highest BCUT2D eigenvalue weighted by molar-refractivity contribution is 9.10. The van der Waals surface area contributed by atoms with Crippen molar-refractivity contribution in [3.63, 3.8) is 0 Å². The molecule has 0 unspecified atom stereocenters. The molecular formula is C9H8Br2N2O. The predicted octanol–water partition coefficient (Wildman–Crippen LogP) is 3.00. The van der Waals surface area contributed by atoms with Crippen LogP contribution in [0.3, 0.4) is 0 Å². The lowest BCUT2D eigenvalue weighted by Gasteiger charge is -2.02. The molecule has 0 radical (unpaired) electrons. The average molecular weight is 320 g/mol. The fraction of sp³-hybridized carbons (Fsp3) is 0.222. The molecule has 0 fully saturated rings. The maximum atomic E-state index is 5.18. The van der Waals surface area contributed by atoms with Crippen LogP contribution in [0.15, 0.2) is 22.9 Å². The molecule has 5 heteroatoms. The summed E-state index contributed by atoms with van der Waals surface area (Å²) in [5.74, 6) is 0.796. The standard InChI is InChI=1S/C9H8Br2N2O/c1-14-8-2-9-12-6(3-10)4-13(9)5-7(8)11/h2,4-5H,3H2,1H3. The van der Waals surface area contributed by atoms with Gasteiger partial charge < -0.3 is 9.14 Å². The summed E-state index contributed by atoms with van der Waals surface area (Å²) in [4.78, 5) is 4.40. The lowest BCUT2D eigenvalue weighted by Crippen LogP contribution is -1.88. The third-order valence-electron chi connectivity index (χ3n) is 1.92. The molecule has 2 rings (SSSR count). The van der Waals surface area contributed by atoms with Crippen LogP contribution in [0.25, 0.3) is 5.65 Å². The number of hydrogen-bond donors (Lipinski definition) is 0. The molecule has 0 amide bonds. The number of pyridine rings is 1. The summed E-state index contributed by atoms with van der Waals surface area (Å²) in [7, 11) is 1.64. The van der Waals surface area contributed by atoms with Gasteiger partial charge in [-0.15, -0.1) is 0 Å². The molecule has 2 aromatic rings. The zero-order valence-electron chi connectivity index (χ0n) is 7.50. The fourth-order valence-electron chi connectivity index (χ4n) is 1.26. The highest BCUT2D eigenvalue weighted by atomic mass is 79.9. The molecule has 0 atom stereocenters. The van der Waals surface area contributed by atoms with Gasteiger partial charge in [-0.25, -0.2) is 4.98 Å². The number of methoxy groups -OCH3 is 1. The number of nitrogens with zero attached hydrogens (tertiary/aromatic N) is 2. The summed E-state index contributed by atoms with van der Waals surface area (Å²) in [5, 5.41) is 0.759. The van der Waals surface area contributed by atoms with Gasteiger partial charge in [0, 0.05) is 23.8 Å². The molecule has 0 saturated heterocycles. The van der Waals surface area contributed by atoms with Crippen molar-refractivity contribution in [2.45, 2.75) is 5.33 Å². The van der Waals surface area contributed by atoms with Crippen molar-refractivity contribution in [3.8, 4) is 5.75 Å². The third kappa shape index (κ3) is 1.66. The molecule has 2 aromatic heterocycles. The Hall–Kier alpha value is -0.550. The van der Waals surface area contributed by atoms with Crippen molar-refractivity contribution in [1.82, 2.24) is 9.38 Å². The van der Waals surface area contributed by atoms with Crippen molar-refractivity contribution in [3.05, 3.63) is 28.6 Å². The van der Waals surface area contributed by atoms with Gasteiger partial charge in [0.2, 0.25) is 0 Å². The SMILES string of the molecule is COc1cc2nc(CBr)cn2cc1Br. The first-order chi connectivity index (χ1) is 6.74. The van der Waals surface area contributed by atoms with Crippen LogP contribution in [0, 0.1) is 0 Å². The van der Waals surface area contributed by atoms with E-state index in [0.717, 1.165) is 26.9 Å². The summed E-state index contributed by atoms with van der Waals surface area (Å²) < 4.78 is 8.07. The highest BCUT2D eigenvalue weighted by Crippen LogP contribution is 2.26. The van der Waals surface area contributed by atoms with Gasteiger partial charge in [0.1, 0.15) is 11.4 Å². The summed E-state index contributed by atoms with van der Waals surface area (Å²) in [6, 6.07) is 1.90. The lowest BCUT2D eigenvalue weighted by molar-refractivity contribution is 0.412. The van der Waals surface area contributed by atoms with E-state index in [9.17, 15) is 0 Å². The van der Waals surface area contributed by atoms with Gasteiger partial charge in [-0.3, -0.25) is 0 Å². The maximum Gasteiger partial charge on any atom is 0.140 e. The predicted molar refractivity (Wildman–Crippen MR) is 62.1 cm³/mol. The number of alkyl halides is 1. The molecule has 2 heterocycles. The second-order valence-corrected chi connectivity index (χ2v) is 4.24. The zero-order chi connectivity index (χ0) is 10.1. The van der Waals surface area contributed by atoms with Gasteiger partial charge in [-0.2, -0.15) is 0 Å². The van der Waals surface area contributed by atoms with E-state index < -0.39 is 0 Å². The number of rotatable bonds is 2. The van der Waals surface area contributed by atoms with Gasteiger partial charge in [-0.05, 0) is 15.9 Å². The lowest BCUT2D eigenvalue weighted by atomic mass is 10.4. The molecule has 74 valence electrons. The number of hydrogen-bond acceptors (Lipinski definition) is 2. The van der Waals surface area contributed by atoms with Crippen molar-refractivity contribution < 1.29 is 4.74 Å². The second-order valence-electron chi connectivity index (χ2n) is 2.82. The van der Waals surface area contributed by atoms with E-state index in [1.165, 1.54) is 0 Å². The molecule has 0 bridgehead atoms. The minimum atomic E-state index is 0.759. The van der Waals surface area contributed by atoms with Gasteiger partial charge >= 0.3 is 0 Å². The van der Waals surface area contributed by atoms with Crippen molar-refractivity contribution in [2.24, 2.45) is 0 Å². The molecular weight excluding hydrogens is 312 g/mol. The van der Waals surface area contributed by atoms with Crippen LogP contribution in [-0.2, 0) is 5.33 Å². The van der Waals surface area contributed by atoms with E-state index >= 15 is 0 Å². The molecule has 0 saturated carbocycles. The van der Waals surface area contributed by atoms with E-state index in [1.54, 1.807) is 7.11 Å². The van der Waals surface area contributed by atoms with Gasteiger partial charge in [0.05, 0.1) is 17.3 Å². The van der Waals surface area contributed by atoms with E-state index in [0.29, 0.717) is 0 Å². The van der Waals surface area contributed by atoms with Crippen molar-refractivity contribution in [1.29, 1.82) is 0 Å². The largest absolute Gasteiger partial charge is 0.495 e. The number of imidazole rings is 1. The molecule has 0 aliphatic heterocycles. The van der Waals surface area contributed by atoms with Gasteiger partial charge in [-0.1, -0.05) is 15.9 Å². The van der Waals surface area contributed by atoms with Crippen molar-refractivity contribution >= 4 is 37.5 Å². The fourth-order valence-corrected chi connectivity index (χ4v) is 2.03. The Morgan fingerprint density at radius 2 is 2.29 bits per heavy atom. The number of aromatic nitrogens is 2. The Morgan fingerprint density at radius 1 is 1.50 bits per heavy atom. The summed E-state index contributed by atoms with van der Waals surface area (Å²) >= 11 is 6.79. The average Bonchev–Trinajstić information content (AvgIpc) is 2.58. The molecule has 0 N–H and O–H groups in total. The number of fused-ring (bicyclic) bond motifs is 1. The summed E-state index contributed by atoms with van der Waals surface area (Å²) in [5.41, 5.74) is 1.89. The minimum absolute atomic E-state index is 0.759. The first-order valence-electron chi connectivity index (χ1n) is 4.01. The quantitative estimate of drug-likeness (QED) is 0.795.